The molecule has 1 amide bonds. The smallest absolute Gasteiger partial charge is 0.547 e. The SMILES string of the molecule is O=C([OH2+])N1CC2CCC(C1)N2. The lowest BCUT2D eigenvalue weighted by Gasteiger charge is -2.27. The van der Waals surface area contributed by atoms with Gasteiger partial charge in [0.25, 0.3) is 0 Å². The van der Waals surface area contributed by atoms with Crippen LogP contribution in [0.5, 0.6) is 0 Å². The van der Waals surface area contributed by atoms with E-state index in [2.05, 4.69) is 5.32 Å². The van der Waals surface area contributed by atoms with E-state index < -0.39 is 6.09 Å². The zero-order chi connectivity index (χ0) is 7.84. The van der Waals surface area contributed by atoms with E-state index in [1.807, 2.05) is 0 Å². The number of piperazine rings is 1. The van der Waals surface area contributed by atoms with Crippen molar-refractivity contribution in [2.75, 3.05) is 13.1 Å². The zero-order valence-corrected chi connectivity index (χ0v) is 6.34. The van der Waals surface area contributed by atoms with Crippen molar-refractivity contribution in [3.8, 4) is 0 Å². The fraction of sp³-hybridized carbons (Fsp3) is 0.857. The van der Waals surface area contributed by atoms with E-state index in [-0.39, 0.29) is 0 Å². The summed E-state index contributed by atoms with van der Waals surface area (Å²) in [5.74, 6) is 0. The van der Waals surface area contributed by atoms with Gasteiger partial charge in [0.15, 0.2) is 0 Å². The van der Waals surface area contributed by atoms with Gasteiger partial charge in [0.2, 0.25) is 0 Å². The number of carbonyl (C=O) groups excluding carboxylic acids is 1. The van der Waals surface area contributed by atoms with Crippen LogP contribution in [0.15, 0.2) is 0 Å². The second-order valence-electron chi connectivity index (χ2n) is 3.35. The van der Waals surface area contributed by atoms with Gasteiger partial charge in [-0.1, -0.05) is 0 Å². The van der Waals surface area contributed by atoms with Crippen molar-refractivity contribution < 1.29 is 9.90 Å². The summed E-state index contributed by atoms with van der Waals surface area (Å²) in [6.45, 7) is 1.47. The maximum atomic E-state index is 10.7. The Bertz CT molecular complexity index is 171. The van der Waals surface area contributed by atoms with Crippen LogP contribution >= 0.6 is 0 Å². The Morgan fingerprint density at radius 2 is 1.91 bits per heavy atom. The van der Waals surface area contributed by atoms with Crippen LogP contribution in [-0.2, 0) is 0 Å². The summed E-state index contributed by atoms with van der Waals surface area (Å²) in [5, 5.41) is 10.3. The zero-order valence-electron chi connectivity index (χ0n) is 6.34. The lowest BCUT2D eigenvalue weighted by molar-refractivity contribution is 0.127. The first-order chi connectivity index (χ1) is 5.25. The van der Waals surface area contributed by atoms with Gasteiger partial charge in [-0.05, 0) is 12.8 Å². The second-order valence-corrected chi connectivity index (χ2v) is 3.35. The number of nitrogens with one attached hydrogen (secondary N) is 1. The molecule has 2 saturated heterocycles. The fourth-order valence-electron chi connectivity index (χ4n) is 1.96. The minimum Gasteiger partial charge on any atom is -0.547 e. The van der Waals surface area contributed by atoms with Crippen LogP contribution < -0.4 is 5.32 Å². The van der Waals surface area contributed by atoms with E-state index in [0.717, 1.165) is 25.9 Å². The number of carbonyl (C=O) groups is 1. The molecule has 3 N–H and O–H groups in total. The summed E-state index contributed by atoms with van der Waals surface area (Å²) in [7, 11) is 0. The molecule has 2 heterocycles. The Morgan fingerprint density at radius 3 is 2.36 bits per heavy atom. The molecule has 62 valence electrons. The van der Waals surface area contributed by atoms with Gasteiger partial charge in [0.1, 0.15) is 0 Å². The number of rotatable bonds is 0. The highest BCUT2D eigenvalue weighted by atomic mass is 16.4. The Hall–Kier alpha value is -0.770. The molecule has 0 saturated carbocycles. The first-order valence-electron chi connectivity index (χ1n) is 4.02. The topological polar surface area (TPSA) is 55.2 Å². The van der Waals surface area contributed by atoms with E-state index in [1.165, 1.54) is 0 Å². The molecule has 0 aromatic heterocycles. The van der Waals surface area contributed by atoms with E-state index in [9.17, 15) is 4.79 Å². The fourth-order valence-corrected chi connectivity index (χ4v) is 1.96. The first-order valence-corrected chi connectivity index (χ1v) is 4.02. The third kappa shape index (κ3) is 1.18. The van der Waals surface area contributed by atoms with Gasteiger partial charge in [-0.25, -0.2) is 0 Å². The Labute approximate surface area is 65.2 Å². The third-order valence-electron chi connectivity index (χ3n) is 2.50. The summed E-state index contributed by atoms with van der Waals surface area (Å²) in [6, 6.07) is 0.922. The number of nitrogens with zero attached hydrogens (tertiary/aromatic N) is 1. The summed E-state index contributed by atoms with van der Waals surface area (Å²) in [4.78, 5) is 12.3. The van der Waals surface area contributed by atoms with Gasteiger partial charge in [0, 0.05) is 25.2 Å². The minimum atomic E-state index is -0.525. The summed E-state index contributed by atoms with van der Waals surface area (Å²) in [6.07, 6.45) is 1.80. The molecule has 0 radical (unpaired) electrons. The molecule has 2 fully saturated rings. The third-order valence-corrected chi connectivity index (χ3v) is 2.50. The van der Waals surface area contributed by atoms with Gasteiger partial charge in [-0.3, -0.25) is 4.90 Å². The maximum Gasteiger partial charge on any atom is 0.629 e. The van der Waals surface area contributed by atoms with Crippen LogP contribution in [0.2, 0.25) is 0 Å². The molecule has 2 atom stereocenters. The van der Waals surface area contributed by atoms with Gasteiger partial charge in [-0.15, -0.1) is 0 Å². The van der Waals surface area contributed by atoms with Crippen molar-refractivity contribution in [1.29, 1.82) is 0 Å². The van der Waals surface area contributed by atoms with Crippen molar-refractivity contribution in [3.05, 3.63) is 0 Å². The Balaban J connectivity index is 2.02. The highest BCUT2D eigenvalue weighted by Gasteiger charge is 2.36. The second kappa shape index (κ2) is 2.37. The predicted molar refractivity (Wildman–Crippen MR) is 40.5 cm³/mol. The highest BCUT2D eigenvalue weighted by molar-refractivity contribution is 5.65. The molecule has 2 aliphatic rings. The van der Waals surface area contributed by atoms with Crippen molar-refractivity contribution >= 4 is 6.09 Å². The van der Waals surface area contributed by atoms with Crippen LogP contribution in [-0.4, -0.2) is 41.3 Å². The first kappa shape index (κ1) is 6.91. The molecule has 2 aliphatic heterocycles. The Morgan fingerprint density at radius 1 is 1.36 bits per heavy atom. The van der Waals surface area contributed by atoms with Gasteiger partial charge < -0.3 is 10.4 Å². The van der Waals surface area contributed by atoms with E-state index in [4.69, 9.17) is 5.11 Å². The van der Waals surface area contributed by atoms with Gasteiger partial charge in [0.05, 0.1) is 4.79 Å². The van der Waals surface area contributed by atoms with Crippen LogP contribution in [0, 0.1) is 0 Å². The lowest BCUT2D eigenvalue weighted by atomic mass is 10.2. The van der Waals surface area contributed by atoms with Crippen molar-refractivity contribution in [1.82, 2.24) is 10.2 Å². The Kier molecular flexibility index (Phi) is 1.49. The molecule has 2 rings (SSSR count). The number of fused-ring (bicyclic) bond motifs is 2. The summed E-state index contributed by atoms with van der Waals surface area (Å²) in [5.41, 5.74) is 0. The van der Waals surface area contributed by atoms with Crippen LogP contribution in [0.1, 0.15) is 12.8 Å². The standard InChI is InChI=1S/C7H12N2O2/c10-7(11)9-3-5-1-2-6(4-9)8-5/h5-6,8H,1-4H2,(H,10,11)/p+1. The molecule has 4 nitrogen and oxygen atoms in total. The van der Waals surface area contributed by atoms with E-state index >= 15 is 0 Å². The number of hydrogen-bond acceptors (Lipinski definition) is 2. The number of hydrogen-bond donors (Lipinski definition) is 1. The molecule has 2 bridgehead atoms. The molecule has 11 heavy (non-hydrogen) atoms. The van der Waals surface area contributed by atoms with Crippen LogP contribution in [0.25, 0.3) is 0 Å². The molecule has 0 aromatic carbocycles. The monoisotopic (exact) mass is 157 g/mol. The molecule has 2 unspecified atom stereocenters. The normalized spacial score (nSPS) is 35.8. The average molecular weight is 157 g/mol. The van der Waals surface area contributed by atoms with Gasteiger partial charge >= 0.3 is 6.09 Å². The average Bonchev–Trinajstić information content (AvgIpc) is 2.30. The van der Waals surface area contributed by atoms with Crippen LogP contribution in [0.4, 0.5) is 4.79 Å². The van der Waals surface area contributed by atoms with Crippen LogP contribution in [0.3, 0.4) is 0 Å². The van der Waals surface area contributed by atoms with Crippen molar-refractivity contribution in [2.45, 2.75) is 24.9 Å². The van der Waals surface area contributed by atoms with E-state index in [1.54, 1.807) is 4.90 Å². The number of amides is 1. The molecular weight excluding hydrogens is 144 g/mol. The predicted octanol–water partition coefficient (Wildman–Crippen LogP) is -0.733. The molecular formula is C7H13N2O2+. The molecule has 0 spiro atoms. The maximum absolute atomic E-state index is 10.7. The van der Waals surface area contributed by atoms with E-state index in [0.29, 0.717) is 12.1 Å². The van der Waals surface area contributed by atoms with Crippen molar-refractivity contribution in [3.63, 3.8) is 0 Å². The highest BCUT2D eigenvalue weighted by Crippen LogP contribution is 2.19. The summed E-state index contributed by atoms with van der Waals surface area (Å²) >= 11 is 0. The molecule has 4 heteroatoms. The molecule has 0 aliphatic carbocycles. The van der Waals surface area contributed by atoms with Crippen molar-refractivity contribution in [2.24, 2.45) is 0 Å². The van der Waals surface area contributed by atoms with Gasteiger partial charge in [-0.2, -0.15) is 0 Å². The quantitative estimate of drug-likeness (QED) is 0.471. The summed E-state index contributed by atoms with van der Waals surface area (Å²) < 4.78 is 0. The molecule has 0 aromatic rings. The minimum absolute atomic E-state index is 0.461. The lowest BCUT2D eigenvalue weighted by Crippen LogP contribution is -2.52. The number of likely N-dealkylation sites (tertiary alicyclic amines) is 1. The largest absolute Gasteiger partial charge is 0.629 e.